The third-order valence-electron chi connectivity index (χ3n) is 3.81. The number of hydrogen-bond donors (Lipinski definition) is 0. The molecule has 0 N–H and O–H groups in total. The Morgan fingerprint density at radius 1 is 1.46 bits per heavy atom. The fourth-order valence-corrected chi connectivity index (χ4v) is 7.05. The molecule has 1 amide bonds. The number of carbonyl (C=O) groups excluding carboxylic acids is 1. The van der Waals surface area contributed by atoms with Crippen LogP contribution in [0.15, 0.2) is 23.2 Å². The zero-order chi connectivity index (χ0) is 17.5. The van der Waals surface area contributed by atoms with E-state index in [4.69, 9.17) is 27.9 Å². The SMILES string of the molecule is COc1ccc(N2C(=NC(=O)CCl)SC3CS(=O)(=O)CC32)cc1Cl. The number of rotatable bonds is 3. The van der Waals surface area contributed by atoms with E-state index >= 15 is 0 Å². The summed E-state index contributed by atoms with van der Waals surface area (Å²) in [6, 6.07) is 4.85. The smallest absolute Gasteiger partial charge is 0.262 e. The zero-order valence-electron chi connectivity index (χ0n) is 12.6. The summed E-state index contributed by atoms with van der Waals surface area (Å²) in [5.41, 5.74) is 0.666. The molecule has 2 heterocycles. The molecule has 2 unspecified atom stereocenters. The monoisotopic (exact) mass is 408 g/mol. The van der Waals surface area contributed by atoms with Gasteiger partial charge in [0.15, 0.2) is 15.0 Å². The van der Waals surface area contributed by atoms with Gasteiger partial charge >= 0.3 is 0 Å². The van der Waals surface area contributed by atoms with Crippen molar-refractivity contribution in [3.63, 3.8) is 0 Å². The molecule has 10 heteroatoms. The summed E-state index contributed by atoms with van der Waals surface area (Å²) in [5, 5.41) is 0.678. The van der Waals surface area contributed by atoms with Gasteiger partial charge in [-0.3, -0.25) is 4.79 Å². The molecule has 2 aliphatic heterocycles. The van der Waals surface area contributed by atoms with Gasteiger partial charge < -0.3 is 9.64 Å². The van der Waals surface area contributed by atoms with Crippen LogP contribution in [0.5, 0.6) is 5.75 Å². The van der Waals surface area contributed by atoms with E-state index in [1.54, 1.807) is 23.1 Å². The van der Waals surface area contributed by atoms with Crippen LogP contribution in [0.1, 0.15) is 0 Å². The van der Waals surface area contributed by atoms with Gasteiger partial charge in [-0.25, -0.2) is 8.42 Å². The number of amidine groups is 1. The average molecular weight is 409 g/mol. The van der Waals surface area contributed by atoms with Gasteiger partial charge in [0.2, 0.25) is 0 Å². The number of alkyl halides is 1. The summed E-state index contributed by atoms with van der Waals surface area (Å²) in [4.78, 5) is 17.4. The molecule has 130 valence electrons. The van der Waals surface area contributed by atoms with Crippen LogP contribution in [0.4, 0.5) is 5.69 Å². The molecule has 0 saturated carbocycles. The molecule has 2 fully saturated rings. The predicted octanol–water partition coefficient (Wildman–Crippen LogP) is 2.19. The third kappa shape index (κ3) is 3.37. The van der Waals surface area contributed by atoms with Gasteiger partial charge in [-0.05, 0) is 18.2 Å². The first-order chi connectivity index (χ1) is 11.3. The number of hydrogen-bond acceptors (Lipinski definition) is 5. The highest BCUT2D eigenvalue weighted by molar-refractivity contribution is 8.16. The molecule has 2 aliphatic rings. The Balaban J connectivity index is 2.03. The minimum Gasteiger partial charge on any atom is -0.495 e. The number of anilines is 1. The van der Waals surface area contributed by atoms with Gasteiger partial charge in [-0.2, -0.15) is 4.99 Å². The van der Waals surface area contributed by atoms with E-state index in [-0.39, 0.29) is 28.7 Å². The number of amides is 1. The van der Waals surface area contributed by atoms with Crippen LogP contribution in [0.2, 0.25) is 5.02 Å². The maximum Gasteiger partial charge on any atom is 0.262 e. The molecular formula is C14H14Cl2N2O4S2. The lowest BCUT2D eigenvalue weighted by Crippen LogP contribution is -2.37. The third-order valence-corrected chi connectivity index (χ3v) is 7.55. The van der Waals surface area contributed by atoms with Gasteiger partial charge in [0.1, 0.15) is 11.6 Å². The molecule has 2 atom stereocenters. The van der Waals surface area contributed by atoms with Crippen molar-refractivity contribution >= 4 is 61.6 Å². The number of methoxy groups -OCH3 is 1. The first-order valence-corrected chi connectivity index (χ1v) is 10.6. The van der Waals surface area contributed by atoms with Crippen LogP contribution in [-0.4, -0.2) is 55.3 Å². The highest BCUT2D eigenvalue weighted by Gasteiger charge is 2.49. The number of benzene rings is 1. The second-order valence-corrected chi connectivity index (χ2v) is 9.45. The van der Waals surface area contributed by atoms with E-state index in [0.717, 1.165) is 0 Å². The Labute approximate surface area is 154 Å². The van der Waals surface area contributed by atoms with Crippen molar-refractivity contribution in [1.82, 2.24) is 0 Å². The van der Waals surface area contributed by atoms with Gasteiger partial charge in [0, 0.05) is 10.9 Å². The number of sulfone groups is 1. The minimum atomic E-state index is -3.11. The second kappa shape index (κ2) is 6.74. The van der Waals surface area contributed by atoms with Crippen molar-refractivity contribution in [2.24, 2.45) is 4.99 Å². The molecule has 0 radical (unpaired) electrons. The highest BCUT2D eigenvalue weighted by Crippen LogP contribution is 2.42. The molecule has 1 aromatic rings. The lowest BCUT2D eigenvalue weighted by Gasteiger charge is -2.25. The summed E-state index contributed by atoms with van der Waals surface area (Å²) in [7, 11) is -1.60. The Morgan fingerprint density at radius 3 is 2.83 bits per heavy atom. The van der Waals surface area contributed by atoms with Crippen LogP contribution in [-0.2, 0) is 14.6 Å². The summed E-state index contributed by atoms with van der Waals surface area (Å²) < 4.78 is 29.1. The average Bonchev–Trinajstić information content (AvgIpc) is 2.97. The van der Waals surface area contributed by atoms with Gasteiger partial charge in [-0.15, -0.1) is 11.6 Å². The van der Waals surface area contributed by atoms with E-state index in [0.29, 0.717) is 21.6 Å². The van der Waals surface area contributed by atoms with Crippen LogP contribution >= 0.6 is 35.0 Å². The number of ether oxygens (including phenoxy) is 1. The number of fused-ring (bicyclic) bond motifs is 1. The molecule has 0 aromatic heterocycles. The molecule has 2 saturated heterocycles. The van der Waals surface area contributed by atoms with Crippen molar-refractivity contribution in [3.8, 4) is 5.75 Å². The fraction of sp³-hybridized carbons (Fsp3) is 0.429. The number of carbonyl (C=O) groups is 1. The lowest BCUT2D eigenvalue weighted by molar-refractivity contribution is -0.115. The standard InChI is InChI=1S/C14H14Cl2N2O4S2/c1-22-11-3-2-8(4-9(11)16)18-10-6-24(20,21)7-12(10)23-14(18)17-13(19)5-15/h2-4,10,12H,5-7H2,1H3. The molecular weight excluding hydrogens is 395 g/mol. The van der Waals surface area contributed by atoms with Crippen LogP contribution in [0, 0.1) is 0 Å². The maximum absolute atomic E-state index is 12.0. The van der Waals surface area contributed by atoms with Gasteiger partial charge in [0.25, 0.3) is 5.91 Å². The van der Waals surface area contributed by atoms with Crippen LogP contribution in [0.3, 0.4) is 0 Å². The van der Waals surface area contributed by atoms with Crippen molar-refractivity contribution in [3.05, 3.63) is 23.2 Å². The predicted molar refractivity (Wildman–Crippen MR) is 97.5 cm³/mol. The summed E-state index contributed by atoms with van der Waals surface area (Å²) >= 11 is 13.0. The second-order valence-electron chi connectivity index (χ2n) is 5.41. The number of nitrogens with zero attached hydrogens (tertiary/aromatic N) is 2. The van der Waals surface area contributed by atoms with Gasteiger partial charge in [0.05, 0.1) is 29.7 Å². The highest BCUT2D eigenvalue weighted by atomic mass is 35.5. The molecule has 3 rings (SSSR count). The number of halogens is 2. The summed E-state index contributed by atoms with van der Waals surface area (Å²) in [6.45, 7) is 0. The summed E-state index contributed by atoms with van der Waals surface area (Å²) in [5.74, 6) is -0.0986. The fourth-order valence-electron chi connectivity index (χ4n) is 2.81. The number of aliphatic imine (C=N–C) groups is 1. The Hall–Kier alpha value is -0.960. The molecule has 24 heavy (non-hydrogen) atoms. The topological polar surface area (TPSA) is 76.0 Å². The lowest BCUT2D eigenvalue weighted by atomic mass is 10.2. The van der Waals surface area contributed by atoms with Crippen molar-refractivity contribution in [1.29, 1.82) is 0 Å². The first kappa shape index (κ1) is 17.8. The molecule has 0 spiro atoms. The normalized spacial score (nSPS) is 26.6. The molecule has 6 nitrogen and oxygen atoms in total. The zero-order valence-corrected chi connectivity index (χ0v) is 15.8. The number of thioether (sulfide) groups is 1. The first-order valence-electron chi connectivity index (χ1n) is 7.02. The maximum atomic E-state index is 12.0. The van der Waals surface area contributed by atoms with Crippen molar-refractivity contribution in [2.75, 3.05) is 29.4 Å². The van der Waals surface area contributed by atoms with E-state index in [2.05, 4.69) is 4.99 Å². The molecule has 1 aromatic carbocycles. The minimum absolute atomic E-state index is 0.0163. The quantitative estimate of drug-likeness (QED) is 0.713. The van der Waals surface area contributed by atoms with E-state index in [1.807, 2.05) is 0 Å². The molecule has 0 bridgehead atoms. The van der Waals surface area contributed by atoms with Crippen LogP contribution < -0.4 is 9.64 Å². The van der Waals surface area contributed by atoms with E-state index < -0.39 is 15.7 Å². The van der Waals surface area contributed by atoms with Gasteiger partial charge in [-0.1, -0.05) is 23.4 Å². The molecule has 0 aliphatic carbocycles. The van der Waals surface area contributed by atoms with Crippen molar-refractivity contribution < 1.29 is 17.9 Å². The van der Waals surface area contributed by atoms with Crippen LogP contribution in [0.25, 0.3) is 0 Å². The van der Waals surface area contributed by atoms with E-state index in [1.165, 1.54) is 18.9 Å². The largest absolute Gasteiger partial charge is 0.495 e. The Morgan fingerprint density at radius 2 is 2.21 bits per heavy atom. The Bertz CT molecular complexity index is 813. The van der Waals surface area contributed by atoms with E-state index in [9.17, 15) is 13.2 Å². The van der Waals surface area contributed by atoms with Crippen molar-refractivity contribution in [2.45, 2.75) is 11.3 Å². The summed E-state index contributed by atoms with van der Waals surface area (Å²) in [6.07, 6.45) is 0. The Kier molecular flexibility index (Phi) is 5.01.